The lowest BCUT2D eigenvalue weighted by Crippen LogP contribution is -2.30. The third-order valence-corrected chi connectivity index (χ3v) is 2.71. The van der Waals surface area contributed by atoms with E-state index in [1.165, 1.54) is 4.88 Å². The van der Waals surface area contributed by atoms with Gasteiger partial charge in [0.1, 0.15) is 0 Å². The predicted octanol–water partition coefficient (Wildman–Crippen LogP) is 1.18. The fourth-order valence-electron chi connectivity index (χ4n) is 1.04. The van der Waals surface area contributed by atoms with Crippen LogP contribution in [0.2, 0.25) is 0 Å². The van der Waals surface area contributed by atoms with Gasteiger partial charge in [0.25, 0.3) is 0 Å². The summed E-state index contributed by atoms with van der Waals surface area (Å²) in [5.41, 5.74) is 0. The molecule has 0 aliphatic rings. The van der Waals surface area contributed by atoms with Gasteiger partial charge in [-0.15, -0.1) is 11.3 Å². The molecule has 1 heterocycles. The number of rotatable bonds is 5. The summed E-state index contributed by atoms with van der Waals surface area (Å²) in [5.74, 6) is -0.000648. The highest BCUT2D eigenvalue weighted by atomic mass is 32.1. The molecule has 0 saturated heterocycles. The van der Waals surface area contributed by atoms with E-state index in [4.69, 9.17) is 5.11 Å². The molecule has 0 fully saturated rings. The zero-order chi connectivity index (χ0) is 10.4. The number of amides is 1. The summed E-state index contributed by atoms with van der Waals surface area (Å²) >= 11 is 1.66. The number of nitrogens with one attached hydrogen (secondary N) is 1. The van der Waals surface area contributed by atoms with Gasteiger partial charge in [0.2, 0.25) is 5.91 Å². The van der Waals surface area contributed by atoms with Crippen molar-refractivity contribution in [3.63, 3.8) is 0 Å². The Labute approximate surface area is 87.8 Å². The lowest BCUT2D eigenvalue weighted by atomic mass is 10.2. The first-order chi connectivity index (χ1) is 6.68. The molecule has 0 spiro atoms. The van der Waals surface area contributed by atoms with E-state index in [1.807, 2.05) is 17.5 Å². The zero-order valence-corrected chi connectivity index (χ0v) is 9.01. The minimum Gasteiger partial charge on any atom is -0.392 e. The number of carbonyl (C=O) groups excluding carboxylic acids is 1. The molecule has 0 bridgehead atoms. The molecule has 1 rings (SSSR count). The second kappa shape index (κ2) is 5.78. The van der Waals surface area contributed by atoms with E-state index >= 15 is 0 Å². The van der Waals surface area contributed by atoms with Crippen LogP contribution in [-0.4, -0.2) is 23.7 Å². The summed E-state index contributed by atoms with van der Waals surface area (Å²) in [4.78, 5) is 12.4. The van der Waals surface area contributed by atoms with Gasteiger partial charge >= 0.3 is 0 Å². The van der Waals surface area contributed by atoms with Gasteiger partial charge in [-0.2, -0.15) is 0 Å². The fourth-order valence-corrected chi connectivity index (χ4v) is 1.75. The van der Waals surface area contributed by atoms with Crippen LogP contribution < -0.4 is 5.32 Å². The molecule has 78 valence electrons. The minimum atomic E-state index is -0.472. The van der Waals surface area contributed by atoms with E-state index in [0.29, 0.717) is 13.0 Å². The van der Waals surface area contributed by atoms with Gasteiger partial charge in [-0.1, -0.05) is 6.07 Å². The smallest absolute Gasteiger partial charge is 0.220 e. The quantitative estimate of drug-likeness (QED) is 0.771. The van der Waals surface area contributed by atoms with Crippen LogP contribution >= 0.6 is 11.3 Å². The SMILES string of the molecule is CC(O)CNC(=O)CCc1cccs1. The normalized spacial score (nSPS) is 12.4. The second-order valence-electron chi connectivity index (χ2n) is 3.23. The summed E-state index contributed by atoms with van der Waals surface area (Å²) in [6, 6.07) is 4.00. The van der Waals surface area contributed by atoms with Crippen molar-refractivity contribution < 1.29 is 9.90 Å². The van der Waals surface area contributed by atoms with Gasteiger partial charge in [0.15, 0.2) is 0 Å². The van der Waals surface area contributed by atoms with Crippen LogP contribution in [0.15, 0.2) is 17.5 Å². The lowest BCUT2D eigenvalue weighted by molar-refractivity contribution is -0.121. The van der Waals surface area contributed by atoms with Crippen molar-refractivity contribution in [3.8, 4) is 0 Å². The average Bonchev–Trinajstić information content (AvgIpc) is 2.63. The van der Waals surface area contributed by atoms with E-state index in [0.717, 1.165) is 6.42 Å². The summed E-state index contributed by atoms with van der Waals surface area (Å²) in [5, 5.41) is 13.6. The largest absolute Gasteiger partial charge is 0.392 e. The number of thiophene rings is 1. The Hall–Kier alpha value is -0.870. The number of aliphatic hydroxyl groups is 1. The summed E-state index contributed by atoms with van der Waals surface area (Å²) in [6.07, 6.45) is 0.803. The summed E-state index contributed by atoms with van der Waals surface area (Å²) < 4.78 is 0. The third-order valence-electron chi connectivity index (χ3n) is 1.77. The number of hydrogen-bond donors (Lipinski definition) is 2. The van der Waals surface area contributed by atoms with Crippen LogP contribution in [0.1, 0.15) is 18.2 Å². The van der Waals surface area contributed by atoms with Gasteiger partial charge in [0.05, 0.1) is 6.10 Å². The second-order valence-corrected chi connectivity index (χ2v) is 4.26. The first-order valence-electron chi connectivity index (χ1n) is 4.65. The molecule has 0 aliphatic carbocycles. The average molecular weight is 213 g/mol. The molecule has 1 aromatic heterocycles. The molecule has 14 heavy (non-hydrogen) atoms. The first-order valence-corrected chi connectivity index (χ1v) is 5.53. The molecule has 1 atom stereocenters. The maximum absolute atomic E-state index is 11.2. The van der Waals surface area contributed by atoms with Gasteiger partial charge in [-0.05, 0) is 24.8 Å². The summed E-state index contributed by atoms with van der Waals surface area (Å²) in [6.45, 7) is 1.99. The Morgan fingerprint density at radius 2 is 2.50 bits per heavy atom. The maximum atomic E-state index is 11.2. The topological polar surface area (TPSA) is 49.3 Å². The van der Waals surface area contributed by atoms with Crippen LogP contribution in [0.5, 0.6) is 0 Å². The van der Waals surface area contributed by atoms with Crippen LogP contribution in [0.4, 0.5) is 0 Å². The first kappa shape index (κ1) is 11.2. The number of hydrogen-bond acceptors (Lipinski definition) is 3. The van der Waals surface area contributed by atoms with E-state index in [-0.39, 0.29) is 5.91 Å². The maximum Gasteiger partial charge on any atom is 0.220 e. The van der Waals surface area contributed by atoms with Gasteiger partial charge in [-0.25, -0.2) is 0 Å². The van der Waals surface area contributed by atoms with Crippen molar-refractivity contribution >= 4 is 17.2 Å². The van der Waals surface area contributed by atoms with Crippen LogP contribution in [0.25, 0.3) is 0 Å². The minimum absolute atomic E-state index is 0.000648. The molecule has 0 saturated carbocycles. The fraction of sp³-hybridized carbons (Fsp3) is 0.500. The standard InChI is InChI=1S/C10H15NO2S/c1-8(12)7-11-10(13)5-4-9-3-2-6-14-9/h2-3,6,8,12H,4-5,7H2,1H3,(H,11,13). The third kappa shape index (κ3) is 4.39. The Balaban J connectivity index is 2.15. The monoisotopic (exact) mass is 213 g/mol. The van der Waals surface area contributed by atoms with Crippen molar-refractivity contribution in [2.75, 3.05) is 6.54 Å². The van der Waals surface area contributed by atoms with Crippen molar-refractivity contribution in [2.45, 2.75) is 25.9 Å². The number of aliphatic hydroxyl groups excluding tert-OH is 1. The highest BCUT2D eigenvalue weighted by Gasteiger charge is 2.03. The van der Waals surface area contributed by atoms with Crippen molar-refractivity contribution in [3.05, 3.63) is 22.4 Å². The van der Waals surface area contributed by atoms with Crippen LogP contribution in [0, 0.1) is 0 Å². The predicted molar refractivity (Wildman–Crippen MR) is 57.3 cm³/mol. The Morgan fingerprint density at radius 3 is 3.07 bits per heavy atom. The number of carbonyl (C=O) groups is 1. The summed E-state index contributed by atoms with van der Waals surface area (Å²) in [7, 11) is 0. The van der Waals surface area contributed by atoms with Gasteiger partial charge in [0, 0.05) is 17.8 Å². The number of aryl methyl sites for hydroxylation is 1. The van der Waals surface area contributed by atoms with E-state index in [9.17, 15) is 4.79 Å². The Kier molecular flexibility index (Phi) is 4.62. The highest BCUT2D eigenvalue weighted by Crippen LogP contribution is 2.10. The van der Waals surface area contributed by atoms with Gasteiger partial charge in [-0.3, -0.25) is 4.79 Å². The molecule has 2 N–H and O–H groups in total. The van der Waals surface area contributed by atoms with E-state index in [1.54, 1.807) is 18.3 Å². The molecule has 0 radical (unpaired) electrons. The van der Waals surface area contributed by atoms with Crippen LogP contribution in [-0.2, 0) is 11.2 Å². The van der Waals surface area contributed by atoms with Crippen LogP contribution in [0.3, 0.4) is 0 Å². The van der Waals surface area contributed by atoms with E-state index in [2.05, 4.69) is 5.32 Å². The molecular weight excluding hydrogens is 198 g/mol. The molecule has 1 aromatic rings. The molecule has 3 nitrogen and oxygen atoms in total. The van der Waals surface area contributed by atoms with Crippen molar-refractivity contribution in [2.24, 2.45) is 0 Å². The van der Waals surface area contributed by atoms with Crippen molar-refractivity contribution in [1.29, 1.82) is 0 Å². The molecule has 1 unspecified atom stereocenters. The zero-order valence-electron chi connectivity index (χ0n) is 8.19. The molecule has 4 heteroatoms. The Morgan fingerprint density at radius 1 is 1.71 bits per heavy atom. The van der Waals surface area contributed by atoms with E-state index < -0.39 is 6.10 Å². The lowest BCUT2D eigenvalue weighted by Gasteiger charge is -2.06. The Bertz CT molecular complexity index is 270. The molecule has 1 amide bonds. The molecular formula is C10H15NO2S. The molecule has 0 aromatic carbocycles. The molecule has 0 aliphatic heterocycles. The highest BCUT2D eigenvalue weighted by molar-refractivity contribution is 7.09. The van der Waals surface area contributed by atoms with Gasteiger partial charge < -0.3 is 10.4 Å². The van der Waals surface area contributed by atoms with Crippen molar-refractivity contribution in [1.82, 2.24) is 5.32 Å².